The summed E-state index contributed by atoms with van der Waals surface area (Å²) in [5.41, 5.74) is 3.03. The van der Waals surface area contributed by atoms with Gasteiger partial charge in [-0.15, -0.1) is 0 Å². The summed E-state index contributed by atoms with van der Waals surface area (Å²) in [6.45, 7) is 6.57. The molecular formula is C16H18N2O2. The minimum atomic E-state index is -0.945. The molecule has 0 amide bonds. The summed E-state index contributed by atoms with van der Waals surface area (Å²) in [4.78, 5) is 17.5. The molecule has 20 heavy (non-hydrogen) atoms. The molecule has 2 aromatic rings. The average molecular weight is 270 g/mol. The van der Waals surface area contributed by atoms with Gasteiger partial charge in [0.05, 0.1) is 11.3 Å². The number of hydrogen-bond donors (Lipinski definition) is 1. The van der Waals surface area contributed by atoms with Crippen LogP contribution in [0.15, 0.2) is 36.4 Å². The summed E-state index contributed by atoms with van der Waals surface area (Å²) in [7, 11) is 0. The van der Waals surface area contributed by atoms with Gasteiger partial charge in [-0.1, -0.05) is 17.7 Å². The van der Waals surface area contributed by atoms with E-state index in [1.54, 1.807) is 19.1 Å². The van der Waals surface area contributed by atoms with Crippen LogP contribution in [0.4, 0.5) is 11.5 Å². The first-order valence-electron chi connectivity index (χ1n) is 6.58. The molecule has 0 aliphatic rings. The Labute approximate surface area is 118 Å². The minimum Gasteiger partial charge on any atom is -0.478 e. The smallest absolute Gasteiger partial charge is 0.337 e. The Morgan fingerprint density at radius 3 is 2.30 bits per heavy atom. The van der Waals surface area contributed by atoms with E-state index >= 15 is 0 Å². The van der Waals surface area contributed by atoms with Crippen molar-refractivity contribution in [2.45, 2.75) is 20.8 Å². The predicted octanol–water partition coefficient (Wildman–Crippen LogP) is 3.55. The molecule has 4 nitrogen and oxygen atoms in total. The van der Waals surface area contributed by atoms with Crippen LogP contribution in [0.25, 0.3) is 0 Å². The van der Waals surface area contributed by atoms with E-state index in [1.807, 2.05) is 26.0 Å². The first-order chi connectivity index (χ1) is 9.52. The second-order valence-electron chi connectivity index (χ2n) is 4.69. The van der Waals surface area contributed by atoms with Crippen LogP contribution in [0.3, 0.4) is 0 Å². The fraction of sp³-hybridized carbons (Fsp3) is 0.250. The molecule has 0 aliphatic carbocycles. The molecule has 1 aromatic heterocycles. The van der Waals surface area contributed by atoms with Gasteiger partial charge in [-0.05, 0) is 45.0 Å². The number of aryl methyl sites for hydroxylation is 2. The van der Waals surface area contributed by atoms with Crippen molar-refractivity contribution in [2.24, 2.45) is 0 Å². The van der Waals surface area contributed by atoms with E-state index in [2.05, 4.69) is 22.0 Å². The molecule has 104 valence electrons. The molecule has 1 N–H and O–H groups in total. The molecule has 0 spiro atoms. The molecule has 0 radical (unpaired) electrons. The Bertz CT molecular complexity index is 621. The van der Waals surface area contributed by atoms with E-state index < -0.39 is 5.97 Å². The quantitative estimate of drug-likeness (QED) is 0.923. The highest BCUT2D eigenvalue weighted by Gasteiger charge is 2.13. The molecule has 0 saturated heterocycles. The molecule has 4 heteroatoms. The van der Waals surface area contributed by atoms with Gasteiger partial charge in [0.1, 0.15) is 5.82 Å². The Morgan fingerprint density at radius 1 is 1.15 bits per heavy atom. The fourth-order valence-electron chi connectivity index (χ4n) is 2.13. The number of aromatic nitrogens is 1. The van der Waals surface area contributed by atoms with Gasteiger partial charge < -0.3 is 10.0 Å². The summed E-state index contributed by atoms with van der Waals surface area (Å²) in [5.74, 6) is -0.182. The minimum absolute atomic E-state index is 0.244. The third-order valence-corrected chi connectivity index (χ3v) is 3.24. The van der Waals surface area contributed by atoms with Crippen LogP contribution < -0.4 is 4.90 Å². The lowest BCUT2D eigenvalue weighted by Gasteiger charge is -2.23. The third kappa shape index (κ3) is 2.79. The van der Waals surface area contributed by atoms with Crippen LogP contribution >= 0.6 is 0 Å². The van der Waals surface area contributed by atoms with E-state index in [-0.39, 0.29) is 5.56 Å². The molecule has 0 fully saturated rings. The lowest BCUT2D eigenvalue weighted by Crippen LogP contribution is -2.18. The van der Waals surface area contributed by atoms with Crippen LogP contribution in [-0.4, -0.2) is 22.6 Å². The predicted molar refractivity (Wildman–Crippen MR) is 79.8 cm³/mol. The SMILES string of the molecule is CCN(c1ccc(C)cc1)c1ccc(C(=O)O)c(C)n1. The topological polar surface area (TPSA) is 53.4 Å². The van der Waals surface area contributed by atoms with Gasteiger partial charge in [0.25, 0.3) is 0 Å². The molecule has 0 unspecified atom stereocenters. The van der Waals surface area contributed by atoms with E-state index in [0.29, 0.717) is 5.69 Å². The highest BCUT2D eigenvalue weighted by Crippen LogP contribution is 2.24. The van der Waals surface area contributed by atoms with Crippen molar-refractivity contribution >= 4 is 17.5 Å². The number of nitrogens with zero attached hydrogens (tertiary/aromatic N) is 2. The number of pyridine rings is 1. The van der Waals surface area contributed by atoms with E-state index in [9.17, 15) is 4.79 Å². The van der Waals surface area contributed by atoms with Gasteiger partial charge in [-0.2, -0.15) is 0 Å². The van der Waals surface area contributed by atoms with Gasteiger partial charge in [0.2, 0.25) is 0 Å². The maximum atomic E-state index is 11.0. The molecular weight excluding hydrogens is 252 g/mol. The zero-order chi connectivity index (χ0) is 14.7. The van der Waals surface area contributed by atoms with Crippen molar-refractivity contribution < 1.29 is 9.90 Å². The zero-order valence-electron chi connectivity index (χ0n) is 11.9. The summed E-state index contributed by atoms with van der Waals surface area (Å²) in [5, 5.41) is 9.05. The van der Waals surface area contributed by atoms with Gasteiger partial charge in [0, 0.05) is 12.2 Å². The molecule has 2 rings (SSSR count). The van der Waals surface area contributed by atoms with Crippen molar-refractivity contribution in [3.63, 3.8) is 0 Å². The average Bonchev–Trinajstić information content (AvgIpc) is 2.41. The molecule has 1 heterocycles. The van der Waals surface area contributed by atoms with Crippen molar-refractivity contribution in [2.75, 3.05) is 11.4 Å². The van der Waals surface area contributed by atoms with Gasteiger partial charge in [0.15, 0.2) is 0 Å². The fourth-order valence-corrected chi connectivity index (χ4v) is 2.13. The lowest BCUT2D eigenvalue weighted by molar-refractivity contribution is 0.0695. The molecule has 0 aliphatic heterocycles. The summed E-state index contributed by atoms with van der Waals surface area (Å²) < 4.78 is 0. The first kappa shape index (κ1) is 14.1. The standard InChI is InChI=1S/C16H18N2O2/c1-4-18(13-7-5-11(2)6-8-13)15-10-9-14(16(19)20)12(3)17-15/h5-10H,4H2,1-3H3,(H,19,20). The summed E-state index contributed by atoms with van der Waals surface area (Å²) in [6.07, 6.45) is 0. The first-order valence-corrected chi connectivity index (χ1v) is 6.58. The lowest BCUT2D eigenvalue weighted by atomic mass is 10.2. The maximum Gasteiger partial charge on any atom is 0.337 e. The zero-order valence-corrected chi connectivity index (χ0v) is 11.9. The number of hydrogen-bond acceptors (Lipinski definition) is 3. The van der Waals surface area contributed by atoms with E-state index in [4.69, 9.17) is 5.11 Å². The van der Waals surface area contributed by atoms with Crippen molar-refractivity contribution in [3.05, 3.63) is 53.2 Å². The number of benzene rings is 1. The number of carboxylic acid groups (broad SMARTS) is 1. The number of carboxylic acids is 1. The molecule has 0 saturated carbocycles. The summed E-state index contributed by atoms with van der Waals surface area (Å²) in [6, 6.07) is 11.5. The Morgan fingerprint density at radius 2 is 1.80 bits per heavy atom. The van der Waals surface area contributed by atoms with Gasteiger partial charge in [-0.25, -0.2) is 9.78 Å². The number of rotatable bonds is 4. The monoisotopic (exact) mass is 270 g/mol. The molecule has 1 aromatic carbocycles. The van der Waals surface area contributed by atoms with Crippen LogP contribution in [0.1, 0.15) is 28.5 Å². The van der Waals surface area contributed by atoms with Crippen LogP contribution in [0.5, 0.6) is 0 Å². The van der Waals surface area contributed by atoms with Crippen molar-refractivity contribution in [1.82, 2.24) is 4.98 Å². The van der Waals surface area contributed by atoms with Gasteiger partial charge in [-0.3, -0.25) is 0 Å². The van der Waals surface area contributed by atoms with Crippen LogP contribution in [0, 0.1) is 13.8 Å². The molecule has 0 atom stereocenters. The largest absolute Gasteiger partial charge is 0.478 e. The van der Waals surface area contributed by atoms with E-state index in [1.165, 1.54) is 5.56 Å². The number of aromatic carboxylic acids is 1. The second kappa shape index (κ2) is 5.74. The highest BCUT2D eigenvalue weighted by atomic mass is 16.4. The van der Waals surface area contributed by atoms with Crippen molar-refractivity contribution in [1.29, 1.82) is 0 Å². The maximum absolute atomic E-state index is 11.0. The Kier molecular flexibility index (Phi) is 4.03. The van der Waals surface area contributed by atoms with E-state index in [0.717, 1.165) is 18.1 Å². The van der Waals surface area contributed by atoms with Crippen LogP contribution in [-0.2, 0) is 0 Å². The highest BCUT2D eigenvalue weighted by molar-refractivity contribution is 5.89. The molecule has 0 bridgehead atoms. The summed E-state index contributed by atoms with van der Waals surface area (Å²) >= 11 is 0. The second-order valence-corrected chi connectivity index (χ2v) is 4.69. The number of carbonyl (C=O) groups is 1. The normalized spacial score (nSPS) is 10.3. The Balaban J connectivity index is 2.39. The Hall–Kier alpha value is -2.36. The van der Waals surface area contributed by atoms with Crippen LogP contribution in [0.2, 0.25) is 0 Å². The van der Waals surface area contributed by atoms with Gasteiger partial charge >= 0.3 is 5.97 Å². The van der Waals surface area contributed by atoms with Crippen molar-refractivity contribution in [3.8, 4) is 0 Å². The number of anilines is 2. The third-order valence-electron chi connectivity index (χ3n) is 3.24.